The average molecular weight is 482 g/mol. The molecule has 35 heavy (non-hydrogen) atoms. The lowest BCUT2D eigenvalue weighted by molar-refractivity contribution is -0.430. The highest BCUT2D eigenvalue weighted by Gasteiger charge is 2.35. The molecule has 188 valence electrons. The number of non-ortho nitro benzene ring substituents is 2. The van der Waals surface area contributed by atoms with Gasteiger partial charge in [-0.15, -0.1) is 0 Å². The third-order valence-electron chi connectivity index (χ3n) is 6.65. The molecule has 8 heteroatoms. The zero-order valence-corrected chi connectivity index (χ0v) is 22.0. The molecule has 3 rings (SSSR count). The summed E-state index contributed by atoms with van der Waals surface area (Å²) in [4.78, 5) is 22.8. The average Bonchev–Trinajstić information content (AvgIpc) is 3.25. The van der Waals surface area contributed by atoms with Crippen LogP contribution in [0.25, 0.3) is 0 Å². The van der Waals surface area contributed by atoms with Crippen molar-refractivity contribution in [3.63, 3.8) is 0 Å². The van der Waals surface area contributed by atoms with Gasteiger partial charge in [-0.05, 0) is 34.8 Å². The molecule has 0 radical (unpaired) electrons. The summed E-state index contributed by atoms with van der Waals surface area (Å²) >= 11 is 0. The van der Waals surface area contributed by atoms with E-state index >= 15 is 0 Å². The normalized spacial score (nSPS) is 13.9. The van der Waals surface area contributed by atoms with Crippen molar-refractivity contribution >= 4 is 22.9 Å². The van der Waals surface area contributed by atoms with Crippen LogP contribution in [0, 0.1) is 20.2 Å². The number of rotatable bonds is 8. The lowest BCUT2D eigenvalue weighted by Crippen LogP contribution is -2.27. The Morgan fingerprint density at radius 3 is 1.43 bits per heavy atom. The summed E-state index contributed by atoms with van der Waals surface area (Å²) < 4.78 is 2.24. The van der Waals surface area contributed by atoms with Crippen molar-refractivity contribution < 1.29 is 14.4 Å². The zero-order chi connectivity index (χ0) is 26.2. The Morgan fingerprint density at radius 2 is 1.09 bits per heavy atom. The SMILES string of the molecule is CC(C)c1cc([N+](=O)[O-])cc(C(C)C)c1C1=[N+](c2c(C(C)C)cc([N+](=O)[O-])cc2C(C)C)CCN1. The van der Waals surface area contributed by atoms with Crippen LogP contribution in [0.15, 0.2) is 24.3 Å². The molecule has 0 atom stereocenters. The molecular formula is C27H37N4O4+. The number of benzene rings is 2. The van der Waals surface area contributed by atoms with Crippen LogP contribution in [0.5, 0.6) is 0 Å². The fourth-order valence-corrected chi connectivity index (χ4v) is 4.86. The van der Waals surface area contributed by atoms with Gasteiger partial charge in [-0.2, -0.15) is 0 Å². The third-order valence-corrected chi connectivity index (χ3v) is 6.65. The summed E-state index contributed by atoms with van der Waals surface area (Å²) in [6, 6.07) is 6.79. The fraction of sp³-hybridized carbons (Fsp3) is 0.519. The van der Waals surface area contributed by atoms with Crippen molar-refractivity contribution in [2.24, 2.45) is 0 Å². The van der Waals surface area contributed by atoms with E-state index in [1.54, 1.807) is 24.3 Å². The van der Waals surface area contributed by atoms with Crippen molar-refractivity contribution in [2.45, 2.75) is 79.1 Å². The van der Waals surface area contributed by atoms with Gasteiger partial charge in [0.05, 0.1) is 15.4 Å². The number of nitro benzene ring substituents is 2. The summed E-state index contributed by atoms with van der Waals surface area (Å²) in [6.07, 6.45) is 0. The molecule has 1 heterocycles. The van der Waals surface area contributed by atoms with Gasteiger partial charge in [-0.3, -0.25) is 25.5 Å². The van der Waals surface area contributed by atoms with E-state index in [0.717, 1.165) is 39.3 Å². The van der Waals surface area contributed by atoms with Crippen molar-refractivity contribution in [3.8, 4) is 0 Å². The molecule has 1 N–H and O–H groups in total. The van der Waals surface area contributed by atoms with Gasteiger partial charge in [-0.25, -0.2) is 4.58 Å². The quantitative estimate of drug-likeness (QED) is 0.257. The van der Waals surface area contributed by atoms with E-state index in [9.17, 15) is 20.2 Å². The van der Waals surface area contributed by atoms with E-state index in [1.807, 2.05) is 0 Å². The Labute approximate surface area is 207 Å². The fourth-order valence-electron chi connectivity index (χ4n) is 4.86. The van der Waals surface area contributed by atoms with Gasteiger partial charge in [0.1, 0.15) is 18.8 Å². The van der Waals surface area contributed by atoms with Crippen molar-refractivity contribution in [3.05, 3.63) is 72.3 Å². The van der Waals surface area contributed by atoms with E-state index in [4.69, 9.17) is 0 Å². The lowest BCUT2D eigenvalue weighted by atomic mass is 9.86. The number of nitrogens with one attached hydrogen (secondary N) is 1. The van der Waals surface area contributed by atoms with Crippen molar-refractivity contribution in [2.75, 3.05) is 13.1 Å². The van der Waals surface area contributed by atoms with Crippen LogP contribution in [0.4, 0.5) is 17.1 Å². The number of amidine groups is 1. The number of nitro groups is 2. The van der Waals surface area contributed by atoms with Gasteiger partial charge in [0.25, 0.3) is 17.2 Å². The second-order valence-electron chi connectivity index (χ2n) is 10.5. The maximum absolute atomic E-state index is 11.7. The van der Waals surface area contributed by atoms with Gasteiger partial charge >= 0.3 is 0 Å². The molecule has 8 nitrogen and oxygen atoms in total. The van der Waals surface area contributed by atoms with E-state index in [-0.39, 0.29) is 44.9 Å². The molecule has 2 aromatic carbocycles. The predicted octanol–water partition coefficient (Wildman–Crippen LogP) is 6.69. The van der Waals surface area contributed by atoms with Crippen LogP contribution in [-0.4, -0.2) is 33.3 Å². The maximum Gasteiger partial charge on any atom is 0.283 e. The van der Waals surface area contributed by atoms with E-state index in [0.29, 0.717) is 13.1 Å². The van der Waals surface area contributed by atoms with Crippen molar-refractivity contribution in [1.29, 1.82) is 0 Å². The van der Waals surface area contributed by atoms with Crippen molar-refractivity contribution in [1.82, 2.24) is 5.32 Å². The Hall–Kier alpha value is -3.29. The first kappa shape index (κ1) is 26.3. The topological polar surface area (TPSA) is 101 Å². The molecule has 0 amide bonds. The summed E-state index contributed by atoms with van der Waals surface area (Å²) in [5, 5.41) is 27.0. The van der Waals surface area contributed by atoms with Gasteiger partial charge in [0, 0.05) is 35.4 Å². The summed E-state index contributed by atoms with van der Waals surface area (Å²) in [5.74, 6) is 1.23. The summed E-state index contributed by atoms with van der Waals surface area (Å²) in [6.45, 7) is 17.9. The lowest BCUT2D eigenvalue weighted by Gasteiger charge is -2.21. The highest BCUT2D eigenvalue weighted by molar-refractivity contribution is 6.00. The molecule has 0 bridgehead atoms. The highest BCUT2D eigenvalue weighted by Crippen LogP contribution is 2.40. The molecule has 0 aliphatic carbocycles. The Balaban J connectivity index is 2.47. The first-order valence-electron chi connectivity index (χ1n) is 12.4. The zero-order valence-electron chi connectivity index (χ0n) is 22.0. The molecule has 1 aliphatic rings. The molecule has 0 fully saturated rings. The third kappa shape index (κ3) is 5.06. The van der Waals surface area contributed by atoms with Crippen LogP contribution in [-0.2, 0) is 0 Å². The smallest absolute Gasteiger partial charge is 0.270 e. The maximum atomic E-state index is 11.7. The van der Waals surface area contributed by atoms with E-state index in [1.165, 1.54) is 0 Å². The molecule has 2 aromatic rings. The minimum Gasteiger partial charge on any atom is -0.270 e. The number of nitrogens with zero attached hydrogens (tertiary/aromatic N) is 3. The van der Waals surface area contributed by atoms with Crippen LogP contribution in [0.1, 0.15) is 107 Å². The van der Waals surface area contributed by atoms with Gasteiger partial charge in [0.15, 0.2) is 0 Å². The molecule has 0 unspecified atom stereocenters. The number of hydrogen-bond donors (Lipinski definition) is 1. The Bertz CT molecular complexity index is 1050. The van der Waals surface area contributed by atoms with Crippen LogP contribution in [0.2, 0.25) is 0 Å². The highest BCUT2D eigenvalue weighted by atomic mass is 16.6. The molecule has 0 saturated carbocycles. The number of hydrogen-bond acceptors (Lipinski definition) is 5. The van der Waals surface area contributed by atoms with Crippen LogP contribution >= 0.6 is 0 Å². The van der Waals surface area contributed by atoms with Gasteiger partial charge < -0.3 is 0 Å². The second kappa shape index (κ2) is 10.1. The van der Waals surface area contributed by atoms with E-state index < -0.39 is 0 Å². The molecule has 0 saturated heterocycles. The van der Waals surface area contributed by atoms with E-state index in [2.05, 4.69) is 65.3 Å². The minimum atomic E-state index is -0.323. The summed E-state index contributed by atoms with van der Waals surface area (Å²) in [5.41, 5.74) is 5.94. The first-order chi connectivity index (χ1) is 16.3. The van der Waals surface area contributed by atoms with Gasteiger partial charge in [-0.1, -0.05) is 55.4 Å². The predicted molar refractivity (Wildman–Crippen MR) is 139 cm³/mol. The largest absolute Gasteiger partial charge is 0.283 e. The Morgan fingerprint density at radius 1 is 0.714 bits per heavy atom. The monoisotopic (exact) mass is 481 g/mol. The minimum absolute atomic E-state index is 0.0742. The van der Waals surface area contributed by atoms with Crippen LogP contribution in [0.3, 0.4) is 0 Å². The Kier molecular flexibility index (Phi) is 7.62. The standard InChI is InChI=1S/C27H36N4O4/c1-15(2)21-11-19(30(32)33)12-22(16(3)4)25(21)27-28-9-10-29(27)26-23(17(5)6)13-20(31(34)35)14-24(26)18(7)8/h11-18H,9-10H2,1-8H3/p+1. The summed E-state index contributed by atoms with van der Waals surface area (Å²) in [7, 11) is 0. The molecule has 1 aliphatic heterocycles. The molecule has 0 aromatic heterocycles. The molecule has 0 spiro atoms. The van der Waals surface area contributed by atoms with Crippen LogP contribution < -0.4 is 5.32 Å². The molecular weight excluding hydrogens is 444 g/mol. The second-order valence-corrected chi connectivity index (χ2v) is 10.5. The van der Waals surface area contributed by atoms with Gasteiger partial charge in [0.2, 0.25) is 0 Å². The first-order valence-corrected chi connectivity index (χ1v) is 12.4.